The maximum Gasteiger partial charge on any atom is 0.309 e. The van der Waals surface area contributed by atoms with Crippen LogP contribution in [0.5, 0.6) is 0 Å². The van der Waals surface area contributed by atoms with E-state index in [4.69, 9.17) is 10.5 Å². The number of ketones is 1. The number of hydrogen-bond acceptors (Lipinski definition) is 5. The molecule has 0 aromatic rings. The van der Waals surface area contributed by atoms with Gasteiger partial charge >= 0.3 is 11.9 Å². The number of allylic oxidation sites excluding steroid dienone is 1. The number of hydrogen-bond donors (Lipinski definition) is 2. The van der Waals surface area contributed by atoms with Gasteiger partial charge in [0.1, 0.15) is 6.10 Å². The number of ether oxygens (including phenoxy) is 1. The molecular weight excluding hydrogens is 562 g/mol. The highest BCUT2D eigenvalue weighted by molar-refractivity contribution is 6.01. The third-order valence-electron chi connectivity index (χ3n) is 16.7. The molecule has 0 amide bonds. The van der Waals surface area contributed by atoms with Crippen molar-refractivity contribution in [1.29, 1.82) is 0 Å². The minimum absolute atomic E-state index is 0.102. The predicted octanol–water partition coefficient (Wildman–Crippen LogP) is 8.12. The second-order valence-electron chi connectivity index (χ2n) is 19.1. The summed E-state index contributed by atoms with van der Waals surface area (Å²) in [5.74, 6) is 0.454. The smallest absolute Gasteiger partial charge is 0.309 e. The molecule has 0 aromatic heterocycles. The highest BCUT2D eigenvalue weighted by Crippen LogP contribution is 2.75. The van der Waals surface area contributed by atoms with Crippen molar-refractivity contribution in [3.8, 4) is 0 Å². The number of rotatable bonds is 4. The lowest BCUT2D eigenvalue weighted by atomic mass is 9.33. The lowest BCUT2D eigenvalue weighted by molar-refractivity contribution is -0.233. The summed E-state index contributed by atoms with van der Waals surface area (Å²) in [7, 11) is 0. The quantitative estimate of drug-likeness (QED) is 0.306. The first-order valence-corrected chi connectivity index (χ1v) is 18.1. The van der Waals surface area contributed by atoms with Crippen LogP contribution in [0.3, 0.4) is 0 Å². The van der Waals surface area contributed by atoms with Gasteiger partial charge in [0, 0.05) is 17.4 Å². The van der Waals surface area contributed by atoms with E-state index in [9.17, 15) is 19.5 Å². The Hall–Kier alpha value is -1.69. The minimum Gasteiger partial charge on any atom is -0.481 e. The van der Waals surface area contributed by atoms with Crippen LogP contribution in [0.1, 0.15) is 140 Å². The third kappa shape index (κ3) is 4.11. The molecule has 0 spiro atoms. The van der Waals surface area contributed by atoms with E-state index in [2.05, 4.69) is 48.5 Å². The first-order valence-electron chi connectivity index (χ1n) is 18.1. The molecule has 252 valence electrons. The molecule has 0 aliphatic heterocycles. The summed E-state index contributed by atoms with van der Waals surface area (Å²) in [5.41, 5.74) is 7.67. The molecule has 6 aliphatic rings. The second-order valence-corrected chi connectivity index (χ2v) is 19.1. The van der Waals surface area contributed by atoms with Gasteiger partial charge in [-0.15, -0.1) is 0 Å². The van der Waals surface area contributed by atoms with Crippen molar-refractivity contribution < 1.29 is 24.2 Å². The first kappa shape index (κ1) is 33.2. The monoisotopic (exact) mass is 623 g/mol. The Morgan fingerprint density at radius 2 is 1.49 bits per heavy atom. The number of Topliss-reactive ketones (excluding diaryl/α,β-unsaturated/α-hetero) is 1. The van der Waals surface area contributed by atoms with Crippen molar-refractivity contribution in [3.05, 3.63) is 11.1 Å². The molecule has 6 rings (SSSR count). The van der Waals surface area contributed by atoms with E-state index >= 15 is 0 Å². The molecule has 3 N–H and O–H groups in total. The maximum atomic E-state index is 13.8. The first-order chi connectivity index (χ1) is 20.6. The fourth-order valence-electron chi connectivity index (χ4n) is 13.3. The zero-order valence-electron chi connectivity index (χ0n) is 29.9. The fraction of sp³-hybridized carbons (Fsp3) is 0.872. The zero-order valence-corrected chi connectivity index (χ0v) is 29.9. The normalized spacial score (nSPS) is 48.4. The van der Waals surface area contributed by atoms with Crippen LogP contribution in [0, 0.1) is 62.1 Å². The largest absolute Gasteiger partial charge is 0.481 e. The molecule has 0 bridgehead atoms. The van der Waals surface area contributed by atoms with E-state index in [1.54, 1.807) is 6.92 Å². The molecule has 0 heterocycles. The van der Waals surface area contributed by atoms with Crippen molar-refractivity contribution in [2.75, 3.05) is 0 Å². The van der Waals surface area contributed by atoms with Crippen LogP contribution in [0.2, 0.25) is 0 Å². The summed E-state index contributed by atoms with van der Waals surface area (Å²) < 4.78 is 6.48. The lowest BCUT2D eigenvalue weighted by Crippen LogP contribution is -2.66. The van der Waals surface area contributed by atoms with Crippen molar-refractivity contribution in [2.24, 2.45) is 67.8 Å². The lowest BCUT2D eigenvalue weighted by Gasteiger charge is -2.72. The van der Waals surface area contributed by atoms with Gasteiger partial charge in [-0.05, 0) is 128 Å². The number of carboxylic acids is 1. The van der Waals surface area contributed by atoms with Crippen LogP contribution in [0.4, 0.5) is 0 Å². The maximum absolute atomic E-state index is 13.8. The van der Waals surface area contributed by atoms with Gasteiger partial charge in [0.15, 0.2) is 5.78 Å². The van der Waals surface area contributed by atoms with E-state index in [0.29, 0.717) is 37.0 Å². The van der Waals surface area contributed by atoms with E-state index in [-0.39, 0.29) is 45.4 Å². The van der Waals surface area contributed by atoms with E-state index in [0.717, 1.165) is 56.9 Å². The summed E-state index contributed by atoms with van der Waals surface area (Å²) in [6, 6.07) is 0. The van der Waals surface area contributed by atoms with Crippen molar-refractivity contribution >= 4 is 17.7 Å². The molecule has 0 aromatic carbocycles. The second kappa shape index (κ2) is 9.92. The van der Waals surface area contributed by atoms with Gasteiger partial charge in [-0.1, -0.05) is 62.3 Å². The van der Waals surface area contributed by atoms with E-state index < -0.39 is 28.3 Å². The number of fused-ring (bicyclic) bond motifs is 7. The molecule has 0 radical (unpaired) electrons. The number of carbonyl (C=O) groups is 3. The Balaban J connectivity index is 1.27. The van der Waals surface area contributed by atoms with Crippen LogP contribution >= 0.6 is 0 Å². The molecule has 5 fully saturated rings. The topological polar surface area (TPSA) is 107 Å². The molecule has 0 saturated heterocycles. The van der Waals surface area contributed by atoms with Gasteiger partial charge in [-0.3, -0.25) is 14.4 Å². The molecule has 5 saturated carbocycles. The highest BCUT2D eigenvalue weighted by atomic mass is 16.5. The number of carboxylic acid groups (broad SMARTS) is 1. The average Bonchev–Trinajstić information content (AvgIpc) is 3.34. The molecule has 6 nitrogen and oxygen atoms in total. The fourth-order valence-corrected chi connectivity index (χ4v) is 13.3. The van der Waals surface area contributed by atoms with E-state index in [1.807, 2.05) is 13.8 Å². The Kier molecular flexibility index (Phi) is 7.32. The Morgan fingerprint density at radius 1 is 0.822 bits per heavy atom. The molecule has 6 aliphatic carbocycles. The van der Waals surface area contributed by atoms with Crippen LogP contribution < -0.4 is 5.73 Å². The Labute approximate surface area is 272 Å². The summed E-state index contributed by atoms with van der Waals surface area (Å²) in [6.07, 6.45) is 9.80. The summed E-state index contributed by atoms with van der Waals surface area (Å²) in [5, 5.41) is 10.0. The predicted molar refractivity (Wildman–Crippen MR) is 176 cm³/mol. The van der Waals surface area contributed by atoms with Crippen LogP contribution in [0.15, 0.2) is 11.1 Å². The van der Waals surface area contributed by atoms with Crippen molar-refractivity contribution in [2.45, 2.75) is 152 Å². The van der Waals surface area contributed by atoms with Crippen molar-refractivity contribution in [3.63, 3.8) is 0 Å². The molecule has 45 heavy (non-hydrogen) atoms. The van der Waals surface area contributed by atoms with Crippen molar-refractivity contribution in [1.82, 2.24) is 0 Å². The number of carbonyl (C=O) groups excluding carboxylic acids is 2. The SMILES string of the molecule is CC(C)C1=C2C3CCC4C5(C)CC[C@H](OC(=O)C6CC[C@@](C)(C(=O)O)C6(C)C)C(C)(C)C5CCC4(C)[C@]3(C)CCC2(N)CC1=O. The molecular formula is C39H61NO5. The van der Waals surface area contributed by atoms with Crippen LogP contribution in [-0.2, 0) is 19.1 Å². The van der Waals surface area contributed by atoms with Crippen LogP contribution in [-0.4, -0.2) is 34.5 Å². The summed E-state index contributed by atoms with van der Waals surface area (Å²) in [6.45, 7) is 22.3. The number of aliphatic carboxylic acids is 1. The molecule has 7 unspecified atom stereocenters. The molecule has 10 atom stereocenters. The number of nitrogens with two attached hydrogens (primary N) is 1. The molecule has 6 heteroatoms. The zero-order chi connectivity index (χ0) is 33.3. The summed E-state index contributed by atoms with van der Waals surface area (Å²) in [4.78, 5) is 39.3. The van der Waals surface area contributed by atoms with E-state index in [1.165, 1.54) is 5.57 Å². The number of esters is 1. The van der Waals surface area contributed by atoms with Gasteiger partial charge in [-0.25, -0.2) is 0 Å². The Morgan fingerprint density at radius 3 is 2.09 bits per heavy atom. The Bertz CT molecular complexity index is 1340. The van der Waals surface area contributed by atoms with Crippen LogP contribution in [0.25, 0.3) is 0 Å². The average molecular weight is 624 g/mol. The summed E-state index contributed by atoms with van der Waals surface area (Å²) >= 11 is 0. The van der Waals surface area contributed by atoms with Gasteiger partial charge in [0.25, 0.3) is 0 Å². The third-order valence-corrected chi connectivity index (χ3v) is 16.7. The minimum atomic E-state index is -0.930. The standard InChI is InChI=1S/C39H61NO5/c1-22(2)29-25(41)21-39(40)20-19-36(8)23(30(29)39)11-12-27-35(7)16-15-28(33(3,4)26(35)14-18-37(27,36)9)45-31(42)24-13-17-38(10,32(43)44)34(24,5)6/h22-24,26-28H,11-21,40H2,1-10H3,(H,43,44)/t23?,24?,26?,27?,28-,35?,36+,37?,38-,39?/m0/s1. The van der Waals surface area contributed by atoms with Gasteiger partial charge in [-0.2, -0.15) is 0 Å². The highest BCUT2D eigenvalue weighted by Gasteiger charge is 2.70. The van der Waals surface area contributed by atoms with Gasteiger partial charge in [0.05, 0.1) is 11.3 Å². The van der Waals surface area contributed by atoms with Gasteiger partial charge < -0.3 is 15.6 Å². The van der Waals surface area contributed by atoms with Gasteiger partial charge in [0.2, 0.25) is 0 Å².